The third-order valence-electron chi connectivity index (χ3n) is 3.46. The summed E-state index contributed by atoms with van der Waals surface area (Å²) in [6.07, 6.45) is 4.95. The van der Waals surface area contributed by atoms with Gasteiger partial charge in [0.15, 0.2) is 0 Å². The van der Waals surface area contributed by atoms with Gasteiger partial charge in [0, 0.05) is 35.6 Å². The van der Waals surface area contributed by atoms with E-state index in [1.54, 1.807) is 22.9 Å². The molecular formula is C15H13N5O3S. The Hall–Kier alpha value is -2.80. The number of methoxy groups -OCH3 is 1. The summed E-state index contributed by atoms with van der Waals surface area (Å²) in [4.78, 5) is 8.38. The number of ether oxygens (including phenoxy) is 1. The van der Waals surface area contributed by atoms with Crippen molar-refractivity contribution in [2.45, 2.75) is 6.54 Å². The van der Waals surface area contributed by atoms with Crippen molar-refractivity contribution in [1.82, 2.24) is 19.1 Å². The molecule has 3 aromatic rings. The van der Waals surface area contributed by atoms with E-state index in [0.29, 0.717) is 22.8 Å². The monoisotopic (exact) mass is 343 g/mol. The van der Waals surface area contributed by atoms with E-state index in [1.165, 1.54) is 13.3 Å². The predicted molar refractivity (Wildman–Crippen MR) is 87.3 cm³/mol. The van der Waals surface area contributed by atoms with E-state index in [9.17, 15) is 4.21 Å². The lowest BCUT2D eigenvalue weighted by Gasteiger charge is -2.10. The topological polar surface area (TPSA) is 113 Å². The molecule has 3 heterocycles. The van der Waals surface area contributed by atoms with E-state index in [0.717, 1.165) is 11.1 Å². The number of hydrogen-bond acceptors (Lipinski definition) is 5. The minimum absolute atomic E-state index is 0.129. The molecule has 8 nitrogen and oxygen atoms in total. The van der Waals surface area contributed by atoms with Crippen LogP contribution in [0.5, 0.6) is 5.88 Å². The molecule has 122 valence electrons. The zero-order valence-corrected chi connectivity index (χ0v) is 13.4. The van der Waals surface area contributed by atoms with E-state index < -0.39 is 11.3 Å². The van der Waals surface area contributed by atoms with Gasteiger partial charge in [-0.3, -0.25) is 8.95 Å². The molecule has 0 bridgehead atoms. The minimum atomic E-state index is -2.13. The van der Waals surface area contributed by atoms with Crippen molar-refractivity contribution in [2.24, 2.45) is 0 Å². The normalized spacial score (nSPS) is 12.0. The summed E-state index contributed by atoms with van der Waals surface area (Å²) in [5.74, 6) is 0.373. The van der Waals surface area contributed by atoms with Crippen LogP contribution in [0.2, 0.25) is 0 Å². The number of imidazole rings is 1. The second kappa shape index (κ2) is 6.76. The number of pyridine rings is 2. The number of nitrogens with zero attached hydrogens (tertiary/aromatic N) is 4. The van der Waals surface area contributed by atoms with Crippen LogP contribution in [0.1, 0.15) is 11.3 Å². The number of rotatable bonds is 5. The van der Waals surface area contributed by atoms with Gasteiger partial charge in [-0.2, -0.15) is 5.26 Å². The number of hydrogen-bond donors (Lipinski definition) is 2. The van der Waals surface area contributed by atoms with Gasteiger partial charge in [-0.15, -0.1) is 0 Å². The fraction of sp³-hybridized carbons (Fsp3) is 0.133. The Labute approximate surface area is 140 Å². The predicted octanol–water partition coefficient (Wildman–Crippen LogP) is 1.50. The Balaban J connectivity index is 2.04. The highest BCUT2D eigenvalue weighted by Crippen LogP contribution is 2.25. The van der Waals surface area contributed by atoms with E-state index in [1.807, 2.05) is 12.1 Å². The van der Waals surface area contributed by atoms with E-state index in [2.05, 4.69) is 20.8 Å². The molecule has 0 spiro atoms. The van der Waals surface area contributed by atoms with Crippen molar-refractivity contribution in [3.63, 3.8) is 0 Å². The largest absolute Gasteiger partial charge is 0.481 e. The molecule has 3 rings (SSSR count). The molecule has 9 heteroatoms. The maximum absolute atomic E-state index is 10.8. The maximum Gasteiger partial charge on any atom is 0.232 e. The Morgan fingerprint density at radius 2 is 2.21 bits per heavy atom. The summed E-state index contributed by atoms with van der Waals surface area (Å²) in [6, 6.07) is 7.58. The number of fused-ring (bicyclic) bond motifs is 1. The van der Waals surface area contributed by atoms with Crippen molar-refractivity contribution in [3.05, 3.63) is 48.0 Å². The molecule has 0 aromatic carbocycles. The first-order valence-electron chi connectivity index (χ1n) is 6.87. The maximum atomic E-state index is 10.8. The highest BCUT2D eigenvalue weighted by Gasteiger charge is 2.10. The van der Waals surface area contributed by atoms with Crippen molar-refractivity contribution < 1.29 is 13.5 Å². The van der Waals surface area contributed by atoms with Gasteiger partial charge in [0.25, 0.3) is 0 Å². The fourth-order valence-electron chi connectivity index (χ4n) is 2.34. The van der Waals surface area contributed by atoms with Crippen LogP contribution in [0, 0.1) is 11.3 Å². The van der Waals surface area contributed by atoms with Gasteiger partial charge in [-0.05, 0) is 18.2 Å². The van der Waals surface area contributed by atoms with Crippen LogP contribution >= 0.6 is 0 Å². The molecule has 0 aliphatic carbocycles. The third-order valence-corrected chi connectivity index (χ3v) is 3.85. The lowest BCUT2D eigenvalue weighted by atomic mass is 10.1. The first-order chi connectivity index (χ1) is 11.6. The van der Waals surface area contributed by atoms with Gasteiger partial charge in [-0.1, -0.05) is 0 Å². The number of nitrogens with one attached hydrogen (secondary N) is 1. The van der Waals surface area contributed by atoms with Gasteiger partial charge in [0.2, 0.25) is 17.1 Å². The average Bonchev–Trinajstić information content (AvgIpc) is 3.01. The quantitative estimate of drug-likeness (QED) is 0.679. The summed E-state index contributed by atoms with van der Waals surface area (Å²) in [6.45, 7) is 0.129. The van der Waals surface area contributed by atoms with E-state index >= 15 is 0 Å². The molecule has 24 heavy (non-hydrogen) atoms. The Morgan fingerprint density at radius 3 is 2.92 bits per heavy atom. The minimum Gasteiger partial charge on any atom is -0.481 e. The highest BCUT2D eigenvalue weighted by atomic mass is 32.2. The molecule has 0 aliphatic rings. The summed E-state index contributed by atoms with van der Waals surface area (Å²) in [5.41, 5.74) is 3.37. The molecule has 0 radical (unpaired) electrons. The second-order valence-electron chi connectivity index (χ2n) is 4.86. The van der Waals surface area contributed by atoms with Crippen molar-refractivity contribution in [3.8, 4) is 23.1 Å². The van der Waals surface area contributed by atoms with E-state index in [4.69, 9.17) is 14.6 Å². The molecule has 0 aliphatic heterocycles. The van der Waals surface area contributed by atoms with Crippen LogP contribution in [-0.2, 0) is 17.8 Å². The van der Waals surface area contributed by atoms with Crippen LogP contribution in [0.4, 0.5) is 0 Å². The van der Waals surface area contributed by atoms with Crippen LogP contribution in [0.15, 0.2) is 36.8 Å². The van der Waals surface area contributed by atoms with Crippen molar-refractivity contribution >= 4 is 16.9 Å². The number of aromatic nitrogens is 3. The van der Waals surface area contributed by atoms with Crippen LogP contribution < -0.4 is 9.46 Å². The van der Waals surface area contributed by atoms with Crippen molar-refractivity contribution in [2.75, 3.05) is 7.11 Å². The SMILES string of the molecule is COc1ncc(-c2ccc3ncc(C#N)n3c2)cc1CNS(=O)O. The average molecular weight is 343 g/mol. The fourth-order valence-corrected chi connectivity index (χ4v) is 2.62. The Bertz CT molecular complexity index is 963. The van der Waals surface area contributed by atoms with Gasteiger partial charge < -0.3 is 4.74 Å². The first kappa shape index (κ1) is 16.1. The van der Waals surface area contributed by atoms with Crippen LogP contribution in [-0.4, -0.2) is 30.2 Å². The van der Waals surface area contributed by atoms with Gasteiger partial charge in [0.05, 0.1) is 13.3 Å². The van der Waals surface area contributed by atoms with E-state index in [-0.39, 0.29) is 6.54 Å². The summed E-state index contributed by atoms with van der Waals surface area (Å²) in [5, 5.41) is 9.12. The lowest BCUT2D eigenvalue weighted by molar-refractivity contribution is 0.392. The van der Waals surface area contributed by atoms with Gasteiger partial charge in [-0.25, -0.2) is 18.9 Å². The molecule has 3 aromatic heterocycles. The molecule has 1 atom stereocenters. The standard InChI is InChI=1S/C15H13N5O3S/c1-23-15-12(7-19-24(21)22)4-11(6-18-15)10-2-3-14-17-8-13(5-16)20(14)9-10/h2-4,6,8-9,19H,7H2,1H3,(H,21,22). The zero-order chi connectivity index (χ0) is 17.1. The molecule has 0 saturated carbocycles. The second-order valence-corrected chi connectivity index (χ2v) is 5.65. The number of nitriles is 1. The van der Waals surface area contributed by atoms with Crippen LogP contribution in [0.25, 0.3) is 16.8 Å². The Kier molecular flexibility index (Phi) is 4.52. The highest BCUT2D eigenvalue weighted by molar-refractivity contribution is 7.77. The molecule has 0 fully saturated rings. The first-order valence-corrected chi connectivity index (χ1v) is 7.98. The summed E-state index contributed by atoms with van der Waals surface area (Å²) < 4.78 is 29.0. The molecular weight excluding hydrogens is 330 g/mol. The molecule has 1 unspecified atom stereocenters. The summed E-state index contributed by atoms with van der Waals surface area (Å²) >= 11 is -2.13. The summed E-state index contributed by atoms with van der Waals surface area (Å²) in [7, 11) is 1.48. The molecule has 2 N–H and O–H groups in total. The van der Waals surface area contributed by atoms with Gasteiger partial charge >= 0.3 is 0 Å². The van der Waals surface area contributed by atoms with Gasteiger partial charge in [0.1, 0.15) is 17.4 Å². The molecule has 0 saturated heterocycles. The van der Waals surface area contributed by atoms with Crippen molar-refractivity contribution in [1.29, 1.82) is 5.26 Å². The third kappa shape index (κ3) is 3.11. The lowest BCUT2D eigenvalue weighted by Crippen LogP contribution is -2.16. The smallest absolute Gasteiger partial charge is 0.232 e. The van der Waals surface area contributed by atoms with Crippen LogP contribution in [0.3, 0.4) is 0 Å². The molecule has 0 amide bonds. The zero-order valence-electron chi connectivity index (χ0n) is 12.6. The Morgan fingerprint density at radius 1 is 1.38 bits per heavy atom.